The van der Waals surface area contributed by atoms with Gasteiger partial charge in [0.1, 0.15) is 23.5 Å². The molecule has 0 unspecified atom stereocenters. The molecule has 2 N–H and O–H groups in total. The van der Waals surface area contributed by atoms with E-state index < -0.39 is 35.7 Å². The fraction of sp³-hybridized carbons (Fsp3) is 0.533. The number of nitrogens with zero attached hydrogens (tertiary/aromatic N) is 2. The van der Waals surface area contributed by atoms with Gasteiger partial charge < -0.3 is 25.0 Å². The first-order valence-corrected chi connectivity index (χ1v) is 14.2. The third kappa shape index (κ3) is 6.78. The van der Waals surface area contributed by atoms with Crippen molar-refractivity contribution >= 4 is 23.9 Å². The SMILES string of the molecule is C=CCCNCCCC(=O)N1C[C@H](OC(=O)N2Cc3cccc(F)c3C2)C[C@H]1C(=O)N[C@]1(C(=O)OCC)C[C@H]1C=C. The number of carbonyl (C=O) groups is 4. The van der Waals surface area contributed by atoms with Gasteiger partial charge in [0.2, 0.25) is 11.8 Å². The van der Waals surface area contributed by atoms with Gasteiger partial charge in [-0.1, -0.05) is 24.3 Å². The number of esters is 1. The maximum atomic E-state index is 14.2. The molecule has 0 bridgehead atoms. The standard InChI is InChI=1S/C30H39FN4O6/c1-4-7-13-32-14-9-12-26(36)35-18-22(41-29(39)34-17-20-10-8-11-24(31)23(20)19-34)15-25(35)27(37)33-30(16-21(30)5-2)28(38)40-6-3/h4-5,8,10-11,21-22,25,32H,1-2,6-7,9,12-19H2,3H3,(H,33,37)/t21-,22-,25+,30-/m1/s1. The van der Waals surface area contributed by atoms with Crippen LogP contribution in [-0.4, -0.2) is 77.6 Å². The molecule has 3 aliphatic rings. The average Bonchev–Trinajstić information content (AvgIpc) is 3.27. The summed E-state index contributed by atoms with van der Waals surface area (Å²) >= 11 is 0. The number of fused-ring (bicyclic) bond motifs is 1. The van der Waals surface area contributed by atoms with Gasteiger partial charge in [0.15, 0.2) is 0 Å². The van der Waals surface area contributed by atoms with Gasteiger partial charge in [-0.25, -0.2) is 14.0 Å². The molecule has 2 fully saturated rings. The number of carbonyl (C=O) groups excluding carboxylic acids is 4. The lowest BCUT2D eigenvalue weighted by molar-refractivity contribution is -0.150. The Morgan fingerprint density at radius 2 is 2.00 bits per heavy atom. The number of hydrogen-bond acceptors (Lipinski definition) is 7. The van der Waals surface area contributed by atoms with E-state index in [4.69, 9.17) is 9.47 Å². The smallest absolute Gasteiger partial charge is 0.410 e. The minimum atomic E-state index is -1.21. The predicted octanol–water partition coefficient (Wildman–Crippen LogP) is 2.82. The van der Waals surface area contributed by atoms with E-state index in [0.29, 0.717) is 24.9 Å². The quantitative estimate of drug-likeness (QED) is 0.213. The fourth-order valence-corrected chi connectivity index (χ4v) is 5.54. The molecule has 3 amide bonds. The Morgan fingerprint density at radius 3 is 2.68 bits per heavy atom. The van der Waals surface area contributed by atoms with E-state index in [9.17, 15) is 23.6 Å². The van der Waals surface area contributed by atoms with E-state index in [2.05, 4.69) is 23.8 Å². The fourth-order valence-electron chi connectivity index (χ4n) is 5.54. The second kappa shape index (κ2) is 13.3. The van der Waals surface area contributed by atoms with Crippen molar-refractivity contribution in [3.63, 3.8) is 0 Å². The van der Waals surface area contributed by atoms with Crippen molar-refractivity contribution in [3.8, 4) is 0 Å². The van der Waals surface area contributed by atoms with Gasteiger partial charge in [-0.05, 0) is 50.9 Å². The topological polar surface area (TPSA) is 117 Å². The number of likely N-dealkylation sites (tertiary alicyclic amines) is 1. The van der Waals surface area contributed by atoms with Crippen LogP contribution in [0.3, 0.4) is 0 Å². The van der Waals surface area contributed by atoms with Crippen LogP contribution in [0.4, 0.5) is 9.18 Å². The maximum absolute atomic E-state index is 14.2. The molecule has 10 nitrogen and oxygen atoms in total. The van der Waals surface area contributed by atoms with Crippen LogP contribution >= 0.6 is 0 Å². The molecule has 222 valence electrons. The second-order valence-corrected chi connectivity index (χ2v) is 10.7. The summed E-state index contributed by atoms with van der Waals surface area (Å²) in [6.07, 6.45) is 4.06. The number of benzene rings is 1. The number of ether oxygens (including phenoxy) is 2. The van der Waals surface area contributed by atoms with Crippen LogP contribution in [0, 0.1) is 11.7 Å². The Bertz CT molecular complexity index is 1190. The molecule has 0 radical (unpaired) electrons. The van der Waals surface area contributed by atoms with E-state index in [1.165, 1.54) is 15.9 Å². The molecule has 1 aliphatic carbocycles. The molecule has 2 aliphatic heterocycles. The van der Waals surface area contributed by atoms with E-state index in [0.717, 1.165) is 18.5 Å². The molecule has 2 heterocycles. The Balaban J connectivity index is 1.42. The zero-order chi connectivity index (χ0) is 29.6. The van der Waals surface area contributed by atoms with Crippen LogP contribution in [0.25, 0.3) is 0 Å². The van der Waals surface area contributed by atoms with E-state index in [1.807, 2.05) is 6.08 Å². The van der Waals surface area contributed by atoms with Crippen LogP contribution in [0.1, 0.15) is 50.2 Å². The third-order valence-corrected chi connectivity index (χ3v) is 7.89. The summed E-state index contributed by atoms with van der Waals surface area (Å²) < 4.78 is 25.1. The van der Waals surface area contributed by atoms with Crippen molar-refractivity contribution in [1.29, 1.82) is 0 Å². The highest BCUT2D eigenvalue weighted by Crippen LogP contribution is 2.45. The molecular formula is C30H39FN4O6. The Hall–Kier alpha value is -3.73. The molecule has 1 saturated carbocycles. The van der Waals surface area contributed by atoms with Crippen molar-refractivity contribution in [3.05, 3.63) is 60.5 Å². The average molecular weight is 571 g/mol. The molecule has 41 heavy (non-hydrogen) atoms. The summed E-state index contributed by atoms with van der Waals surface area (Å²) in [5, 5.41) is 6.06. The minimum Gasteiger partial charge on any atom is -0.464 e. The van der Waals surface area contributed by atoms with Crippen molar-refractivity contribution in [2.24, 2.45) is 5.92 Å². The van der Waals surface area contributed by atoms with Crippen molar-refractivity contribution in [1.82, 2.24) is 20.4 Å². The first kappa shape index (κ1) is 30.2. The predicted molar refractivity (Wildman–Crippen MR) is 149 cm³/mol. The van der Waals surface area contributed by atoms with Crippen LogP contribution in [0.2, 0.25) is 0 Å². The summed E-state index contributed by atoms with van der Waals surface area (Å²) in [7, 11) is 0. The lowest BCUT2D eigenvalue weighted by Crippen LogP contribution is -2.53. The van der Waals surface area contributed by atoms with Gasteiger partial charge in [-0.3, -0.25) is 14.5 Å². The first-order chi connectivity index (χ1) is 19.7. The number of rotatable bonds is 13. The number of halogens is 1. The number of amides is 3. The zero-order valence-electron chi connectivity index (χ0n) is 23.5. The highest BCUT2D eigenvalue weighted by Gasteiger charge is 2.62. The zero-order valence-corrected chi connectivity index (χ0v) is 23.5. The Labute approximate surface area is 239 Å². The lowest BCUT2D eigenvalue weighted by atomic mass is 10.1. The Morgan fingerprint density at radius 1 is 1.20 bits per heavy atom. The highest BCUT2D eigenvalue weighted by atomic mass is 19.1. The van der Waals surface area contributed by atoms with Gasteiger partial charge in [0.25, 0.3) is 0 Å². The van der Waals surface area contributed by atoms with Crippen molar-refractivity contribution in [2.45, 2.75) is 69.8 Å². The molecular weight excluding hydrogens is 531 g/mol. The van der Waals surface area contributed by atoms with Gasteiger partial charge in [-0.2, -0.15) is 0 Å². The monoisotopic (exact) mass is 570 g/mol. The van der Waals surface area contributed by atoms with Crippen LogP contribution in [-0.2, 0) is 36.9 Å². The van der Waals surface area contributed by atoms with Crippen LogP contribution in [0.5, 0.6) is 0 Å². The second-order valence-electron chi connectivity index (χ2n) is 10.7. The highest BCUT2D eigenvalue weighted by molar-refractivity contribution is 5.95. The molecule has 1 saturated heterocycles. The summed E-state index contributed by atoms with van der Waals surface area (Å²) in [4.78, 5) is 55.3. The van der Waals surface area contributed by atoms with Gasteiger partial charge in [-0.15, -0.1) is 13.2 Å². The summed E-state index contributed by atoms with van der Waals surface area (Å²) in [5.74, 6) is -1.94. The summed E-state index contributed by atoms with van der Waals surface area (Å²) in [6.45, 7) is 11.0. The maximum Gasteiger partial charge on any atom is 0.410 e. The largest absolute Gasteiger partial charge is 0.464 e. The van der Waals surface area contributed by atoms with Crippen molar-refractivity contribution in [2.75, 3.05) is 26.2 Å². The number of hydrogen-bond donors (Lipinski definition) is 2. The molecule has 1 aromatic carbocycles. The Kier molecular flexibility index (Phi) is 9.80. The molecule has 4 atom stereocenters. The van der Waals surface area contributed by atoms with Crippen molar-refractivity contribution < 1.29 is 33.0 Å². The van der Waals surface area contributed by atoms with Gasteiger partial charge >= 0.3 is 12.1 Å². The minimum absolute atomic E-state index is 0.0407. The van der Waals surface area contributed by atoms with Gasteiger partial charge in [0, 0.05) is 30.9 Å². The van der Waals surface area contributed by atoms with Gasteiger partial charge in [0.05, 0.1) is 19.7 Å². The lowest BCUT2D eigenvalue weighted by Gasteiger charge is -2.26. The third-order valence-electron chi connectivity index (χ3n) is 7.89. The van der Waals surface area contributed by atoms with E-state index >= 15 is 0 Å². The summed E-state index contributed by atoms with van der Waals surface area (Å²) in [6, 6.07) is 3.79. The number of nitrogens with one attached hydrogen (secondary N) is 2. The molecule has 4 rings (SSSR count). The molecule has 1 aromatic rings. The van der Waals surface area contributed by atoms with Crippen LogP contribution in [0.15, 0.2) is 43.5 Å². The summed E-state index contributed by atoms with van der Waals surface area (Å²) in [5.41, 5.74) is -0.0367. The molecule has 11 heteroatoms. The van der Waals surface area contributed by atoms with Crippen LogP contribution < -0.4 is 10.6 Å². The molecule has 0 spiro atoms. The normalized spacial score (nSPS) is 24.4. The van der Waals surface area contributed by atoms with E-state index in [-0.39, 0.29) is 56.7 Å². The van der Waals surface area contributed by atoms with E-state index in [1.54, 1.807) is 25.1 Å². The molecule has 0 aromatic heterocycles. The first-order valence-electron chi connectivity index (χ1n) is 14.2.